The third-order valence-electron chi connectivity index (χ3n) is 5.92. The van der Waals surface area contributed by atoms with E-state index >= 15 is 0 Å². The van der Waals surface area contributed by atoms with Crippen LogP contribution in [0.25, 0.3) is 22.0 Å². The third-order valence-corrected chi connectivity index (χ3v) is 5.92. The van der Waals surface area contributed by atoms with Gasteiger partial charge in [-0.25, -0.2) is 0 Å². The molecule has 0 atom stereocenters. The maximum atomic E-state index is 13.0. The Morgan fingerprint density at radius 2 is 1.86 bits per heavy atom. The van der Waals surface area contributed by atoms with E-state index in [1.807, 2.05) is 36.9 Å². The Hall–Kier alpha value is -2.66. The summed E-state index contributed by atoms with van der Waals surface area (Å²) in [5.41, 5.74) is 2.94. The van der Waals surface area contributed by atoms with Gasteiger partial charge in [0, 0.05) is 18.7 Å². The Labute approximate surface area is 171 Å². The van der Waals surface area contributed by atoms with Crippen LogP contribution in [0.2, 0.25) is 0 Å². The van der Waals surface area contributed by atoms with Gasteiger partial charge in [-0.2, -0.15) is 5.10 Å². The Balaban J connectivity index is 1.50. The molecule has 152 valence electrons. The smallest absolute Gasteiger partial charge is 0.271 e. The summed E-state index contributed by atoms with van der Waals surface area (Å²) >= 11 is 0. The Morgan fingerprint density at radius 3 is 2.55 bits per heavy atom. The van der Waals surface area contributed by atoms with Crippen LogP contribution in [0, 0.1) is 12.8 Å². The summed E-state index contributed by atoms with van der Waals surface area (Å²) in [6, 6.07) is 14.3. The molecule has 1 saturated heterocycles. The molecule has 2 heterocycles. The zero-order chi connectivity index (χ0) is 20.6. The second kappa shape index (κ2) is 7.64. The average molecular weight is 392 g/mol. The van der Waals surface area contributed by atoms with E-state index in [-0.39, 0.29) is 5.91 Å². The van der Waals surface area contributed by atoms with Crippen molar-refractivity contribution in [1.29, 1.82) is 0 Å². The molecule has 0 unspecified atom stereocenters. The van der Waals surface area contributed by atoms with Gasteiger partial charge in [-0.15, -0.1) is 0 Å². The first-order valence-electron chi connectivity index (χ1n) is 10.4. The molecule has 1 aliphatic heterocycles. The van der Waals surface area contributed by atoms with Crippen molar-refractivity contribution in [3.63, 3.8) is 0 Å². The van der Waals surface area contributed by atoms with E-state index in [9.17, 15) is 9.90 Å². The average Bonchev–Trinajstić information content (AvgIpc) is 3.17. The molecule has 29 heavy (non-hydrogen) atoms. The van der Waals surface area contributed by atoms with Crippen LogP contribution < -0.4 is 0 Å². The fraction of sp³-hybridized carbons (Fsp3) is 0.417. The summed E-state index contributed by atoms with van der Waals surface area (Å²) in [5.74, 6) is 0.470. The number of likely N-dealkylation sites (tertiary alicyclic amines) is 1. The van der Waals surface area contributed by atoms with Gasteiger partial charge in [0.25, 0.3) is 5.91 Å². The fourth-order valence-electron chi connectivity index (χ4n) is 4.46. The lowest BCUT2D eigenvalue weighted by Gasteiger charge is -2.34. The molecule has 4 rings (SSSR count). The van der Waals surface area contributed by atoms with Gasteiger partial charge in [0.1, 0.15) is 5.69 Å². The lowest BCUT2D eigenvalue weighted by Crippen LogP contribution is -2.40. The minimum atomic E-state index is -0.647. The first-order chi connectivity index (χ1) is 13.8. The normalized spacial score (nSPS) is 15.8. The molecule has 1 aromatic heterocycles. The molecule has 0 spiro atoms. The van der Waals surface area contributed by atoms with Gasteiger partial charge >= 0.3 is 0 Å². The summed E-state index contributed by atoms with van der Waals surface area (Å²) in [5, 5.41) is 19.8. The Morgan fingerprint density at radius 1 is 1.17 bits per heavy atom. The molecular weight excluding hydrogens is 362 g/mol. The number of rotatable bonds is 4. The number of piperidine rings is 1. The Bertz CT molecular complexity index is 1020. The number of aromatic nitrogens is 2. The zero-order valence-electron chi connectivity index (χ0n) is 17.4. The van der Waals surface area contributed by atoms with E-state index in [4.69, 9.17) is 0 Å². The van der Waals surface area contributed by atoms with Crippen molar-refractivity contribution in [2.24, 2.45) is 5.92 Å². The number of aliphatic hydroxyl groups is 1. The number of nitrogens with zero attached hydrogens (tertiary/aromatic N) is 2. The van der Waals surface area contributed by atoms with Gasteiger partial charge < -0.3 is 10.0 Å². The van der Waals surface area contributed by atoms with Crippen LogP contribution in [0.1, 0.15) is 49.2 Å². The molecule has 1 aliphatic rings. The summed E-state index contributed by atoms with van der Waals surface area (Å²) in [7, 11) is 0. The van der Waals surface area contributed by atoms with Crippen molar-refractivity contribution >= 4 is 16.7 Å². The molecule has 0 aliphatic carbocycles. The van der Waals surface area contributed by atoms with Crippen molar-refractivity contribution < 1.29 is 9.90 Å². The number of amides is 1. The second-order valence-corrected chi connectivity index (χ2v) is 8.89. The molecule has 1 amide bonds. The van der Waals surface area contributed by atoms with Gasteiger partial charge in [0.15, 0.2) is 0 Å². The molecule has 0 radical (unpaired) electrons. The van der Waals surface area contributed by atoms with E-state index < -0.39 is 5.60 Å². The van der Waals surface area contributed by atoms with E-state index in [0.29, 0.717) is 11.6 Å². The maximum absolute atomic E-state index is 13.0. The number of hydrogen-bond donors (Lipinski definition) is 2. The maximum Gasteiger partial charge on any atom is 0.271 e. The second-order valence-electron chi connectivity index (χ2n) is 8.89. The molecule has 5 nitrogen and oxygen atoms in total. The summed E-state index contributed by atoms with van der Waals surface area (Å²) in [4.78, 5) is 14.9. The van der Waals surface area contributed by atoms with Crippen molar-refractivity contribution in [2.75, 3.05) is 13.1 Å². The highest BCUT2D eigenvalue weighted by Crippen LogP contribution is 2.31. The lowest BCUT2D eigenvalue weighted by molar-refractivity contribution is 0.0357. The highest BCUT2D eigenvalue weighted by Gasteiger charge is 2.28. The molecule has 2 N–H and O–H groups in total. The fourth-order valence-corrected chi connectivity index (χ4v) is 4.46. The number of aryl methyl sites for hydroxylation is 1. The number of H-pyrrole nitrogens is 1. The van der Waals surface area contributed by atoms with Crippen molar-refractivity contribution in [2.45, 2.75) is 45.6 Å². The number of aromatic amines is 1. The molecule has 0 saturated carbocycles. The third kappa shape index (κ3) is 4.20. The number of carbonyl (C=O) groups is 1. The van der Waals surface area contributed by atoms with Gasteiger partial charge in [0.05, 0.1) is 11.3 Å². The molecule has 3 aromatic rings. The van der Waals surface area contributed by atoms with Gasteiger partial charge in [0.2, 0.25) is 0 Å². The Kier molecular flexibility index (Phi) is 5.17. The monoisotopic (exact) mass is 391 g/mol. The number of nitrogens with one attached hydrogen (secondary N) is 1. The lowest BCUT2D eigenvalue weighted by atomic mass is 9.86. The van der Waals surface area contributed by atoms with E-state index in [1.165, 1.54) is 10.9 Å². The number of fused-ring (bicyclic) bond motifs is 1. The summed E-state index contributed by atoms with van der Waals surface area (Å²) in [6.07, 6.45) is 2.64. The van der Waals surface area contributed by atoms with Crippen LogP contribution in [0.4, 0.5) is 0 Å². The van der Waals surface area contributed by atoms with Crippen molar-refractivity contribution in [1.82, 2.24) is 15.1 Å². The number of carbonyl (C=O) groups excluding carboxylic acids is 1. The van der Waals surface area contributed by atoms with E-state index in [0.717, 1.165) is 49.0 Å². The zero-order valence-corrected chi connectivity index (χ0v) is 17.4. The number of benzene rings is 2. The summed E-state index contributed by atoms with van der Waals surface area (Å²) < 4.78 is 0. The first-order valence-corrected chi connectivity index (χ1v) is 10.4. The first kappa shape index (κ1) is 19.6. The minimum absolute atomic E-state index is 0.00174. The van der Waals surface area contributed by atoms with Crippen LogP contribution in [0.3, 0.4) is 0 Å². The van der Waals surface area contributed by atoms with E-state index in [2.05, 4.69) is 41.4 Å². The predicted octanol–water partition coefficient (Wildman–Crippen LogP) is 4.55. The molecular formula is C24H29N3O2. The van der Waals surface area contributed by atoms with Crippen LogP contribution in [0.15, 0.2) is 42.5 Å². The summed E-state index contributed by atoms with van der Waals surface area (Å²) in [6.45, 7) is 7.26. The van der Waals surface area contributed by atoms with Gasteiger partial charge in [-0.1, -0.05) is 36.4 Å². The van der Waals surface area contributed by atoms with Gasteiger partial charge in [-0.3, -0.25) is 9.89 Å². The number of hydrogen-bond acceptors (Lipinski definition) is 3. The van der Waals surface area contributed by atoms with Crippen molar-refractivity contribution in [3.8, 4) is 11.3 Å². The van der Waals surface area contributed by atoms with Crippen LogP contribution in [-0.4, -0.2) is 44.8 Å². The van der Waals surface area contributed by atoms with Crippen LogP contribution in [0.5, 0.6) is 0 Å². The van der Waals surface area contributed by atoms with Crippen LogP contribution in [-0.2, 0) is 0 Å². The predicted molar refractivity (Wildman–Crippen MR) is 116 cm³/mol. The van der Waals surface area contributed by atoms with Crippen LogP contribution >= 0.6 is 0 Å². The highest BCUT2D eigenvalue weighted by molar-refractivity contribution is 5.99. The largest absolute Gasteiger partial charge is 0.390 e. The molecule has 2 aromatic carbocycles. The van der Waals surface area contributed by atoms with E-state index in [1.54, 1.807) is 0 Å². The minimum Gasteiger partial charge on any atom is -0.390 e. The molecule has 0 bridgehead atoms. The highest BCUT2D eigenvalue weighted by atomic mass is 16.3. The quantitative estimate of drug-likeness (QED) is 0.685. The SMILES string of the molecule is Cc1ccc(-c2cc(C(=O)N3CCC(CC(C)(C)O)CC3)[nH]n2)c2ccccc12. The van der Waals surface area contributed by atoms with Gasteiger partial charge in [-0.05, 0) is 68.4 Å². The molecule has 1 fully saturated rings. The standard InChI is InChI=1S/C24H29N3O2/c1-16-8-9-20(19-7-5-4-6-18(16)19)21-14-22(26-25-21)23(28)27-12-10-17(11-13-27)15-24(2,3)29/h4-9,14,17,29H,10-13,15H2,1-3H3,(H,25,26). The van der Waals surface area contributed by atoms with Crippen molar-refractivity contribution in [3.05, 3.63) is 53.7 Å². The topological polar surface area (TPSA) is 69.2 Å². The molecule has 5 heteroatoms.